The van der Waals surface area contributed by atoms with Crippen LogP contribution in [0.1, 0.15) is 83.7 Å². The fourth-order valence-electron chi connectivity index (χ4n) is 6.36. The highest BCUT2D eigenvalue weighted by Gasteiger charge is 2.41. The molecule has 2 aromatic rings. The van der Waals surface area contributed by atoms with Gasteiger partial charge in [0.25, 0.3) is 5.91 Å². The Bertz CT molecular complexity index is 1340. The summed E-state index contributed by atoms with van der Waals surface area (Å²) in [5.74, 6) is 0.793. The van der Waals surface area contributed by atoms with E-state index in [0.717, 1.165) is 5.56 Å². The fraction of sp³-hybridized carbons (Fsp3) is 0.615. The van der Waals surface area contributed by atoms with E-state index in [1.54, 1.807) is 37.3 Å². The van der Waals surface area contributed by atoms with E-state index in [1.165, 1.54) is 0 Å². The maximum atomic E-state index is 14.1. The molecule has 0 aromatic heterocycles. The molecule has 1 fully saturated rings. The van der Waals surface area contributed by atoms with Gasteiger partial charge in [-0.2, -0.15) is 0 Å². The molecule has 1 aliphatic heterocycles. The Morgan fingerprint density at radius 2 is 1.63 bits per heavy atom. The quantitative estimate of drug-likeness (QED) is 0.168. The van der Waals surface area contributed by atoms with Gasteiger partial charge in [-0.15, -0.1) is 0 Å². The molecule has 0 bridgehead atoms. The summed E-state index contributed by atoms with van der Waals surface area (Å²) in [6.45, 7) is 17.1. The van der Waals surface area contributed by atoms with Gasteiger partial charge in [0.05, 0.1) is 13.7 Å². The predicted octanol–water partition coefficient (Wildman–Crippen LogP) is 6.91. The summed E-state index contributed by atoms with van der Waals surface area (Å²) in [6, 6.07) is 15.2. The van der Waals surface area contributed by atoms with Gasteiger partial charge in [-0.3, -0.25) is 9.59 Å². The second-order valence-corrected chi connectivity index (χ2v) is 14.2. The molecule has 1 unspecified atom stereocenters. The highest BCUT2D eigenvalue weighted by Crippen LogP contribution is 2.34. The molecule has 0 saturated carbocycles. The van der Waals surface area contributed by atoms with Gasteiger partial charge in [0.2, 0.25) is 5.91 Å². The summed E-state index contributed by atoms with van der Waals surface area (Å²) in [5.41, 5.74) is 0.954. The molecule has 1 saturated heterocycles. The summed E-state index contributed by atoms with van der Waals surface area (Å²) in [7, 11) is 3.22. The van der Waals surface area contributed by atoms with Crippen molar-refractivity contribution in [2.45, 2.75) is 85.9 Å². The number of hydrogen-bond donors (Lipinski definition) is 0. The molecule has 1 heterocycles. The Morgan fingerprint density at radius 1 is 0.939 bits per heavy atom. The first-order chi connectivity index (χ1) is 23.3. The van der Waals surface area contributed by atoms with Crippen molar-refractivity contribution in [2.75, 3.05) is 53.6 Å². The van der Waals surface area contributed by atoms with E-state index in [4.69, 9.17) is 18.9 Å². The standard InChI is InChI=1S/C39H59N3O7/c1-10-30(36(43)40(11-2)24-29-16-13-12-14-17-29)22-32-25-41(38(45)49-39(5,6)7)26-33(32)27-42(28(3)4)37(44)31-18-19-34(47-9)35(23-31)48-21-15-20-46-8/h12-14,16-19,23,28,30,32-33H,10-11,15,20-22,24-27H2,1-9H3/t30?,32-,33+/m1/s1. The number of nitrogens with zero attached hydrogens (tertiary/aromatic N) is 3. The predicted molar refractivity (Wildman–Crippen MR) is 192 cm³/mol. The molecule has 3 atom stereocenters. The third kappa shape index (κ3) is 11.7. The van der Waals surface area contributed by atoms with Crippen LogP contribution < -0.4 is 9.47 Å². The molecule has 0 radical (unpaired) electrons. The number of likely N-dealkylation sites (tertiary alicyclic amines) is 1. The highest BCUT2D eigenvalue weighted by atomic mass is 16.6. The van der Waals surface area contributed by atoms with Crippen LogP contribution in [-0.4, -0.2) is 97.9 Å². The van der Waals surface area contributed by atoms with Gasteiger partial charge >= 0.3 is 6.09 Å². The van der Waals surface area contributed by atoms with Crippen molar-refractivity contribution < 1.29 is 33.3 Å². The van der Waals surface area contributed by atoms with Gasteiger partial charge in [-0.05, 0) is 90.0 Å². The maximum absolute atomic E-state index is 14.1. The molecule has 0 N–H and O–H groups in total. The number of ether oxygens (including phenoxy) is 4. The summed E-state index contributed by atoms with van der Waals surface area (Å²) in [4.78, 5) is 46.9. The SMILES string of the molecule is CCC(C[C@@H]1CN(C(=O)OC(C)(C)C)C[C@H]1CN(C(=O)c1ccc(OC)c(OCCCOC)c1)C(C)C)C(=O)N(CC)Cc1ccccc1. The van der Waals surface area contributed by atoms with Crippen LogP contribution in [0.15, 0.2) is 48.5 Å². The lowest BCUT2D eigenvalue weighted by Crippen LogP contribution is -2.43. The first-order valence-electron chi connectivity index (χ1n) is 17.7. The lowest BCUT2D eigenvalue weighted by molar-refractivity contribution is -0.136. The second kappa shape index (κ2) is 18.8. The minimum atomic E-state index is -0.636. The molecule has 3 amide bonds. The average Bonchev–Trinajstić information content (AvgIpc) is 3.48. The van der Waals surface area contributed by atoms with E-state index in [0.29, 0.717) is 82.3 Å². The molecule has 10 nitrogen and oxygen atoms in total. The topological polar surface area (TPSA) is 97.9 Å². The van der Waals surface area contributed by atoms with Gasteiger partial charge < -0.3 is 33.6 Å². The maximum Gasteiger partial charge on any atom is 0.410 e. The number of amides is 3. The van der Waals surface area contributed by atoms with Crippen molar-refractivity contribution in [3.63, 3.8) is 0 Å². The normalized spacial score (nSPS) is 16.7. The zero-order valence-corrected chi connectivity index (χ0v) is 31.2. The van der Waals surface area contributed by atoms with E-state index in [9.17, 15) is 14.4 Å². The summed E-state index contributed by atoms with van der Waals surface area (Å²) in [5, 5.41) is 0. The van der Waals surface area contributed by atoms with Crippen LogP contribution in [0.2, 0.25) is 0 Å². The number of benzene rings is 2. The van der Waals surface area contributed by atoms with Crippen LogP contribution in [0.25, 0.3) is 0 Å². The van der Waals surface area contributed by atoms with E-state index < -0.39 is 5.60 Å². The van der Waals surface area contributed by atoms with Crippen molar-refractivity contribution in [2.24, 2.45) is 17.8 Å². The lowest BCUT2D eigenvalue weighted by Gasteiger charge is -2.33. The molecule has 3 rings (SSSR count). The third-order valence-corrected chi connectivity index (χ3v) is 9.04. The zero-order chi connectivity index (χ0) is 36.1. The smallest absolute Gasteiger partial charge is 0.410 e. The van der Waals surface area contributed by atoms with Crippen molar-refractivity contribution in [1.29, 1.82) is 0 Å². The van der Waals surface area contributed by atoms with E-state index in [2.05, 4.69) is 6.92 Å². The van der Waals surface area contributed by atoms with Gasteiger partial charge in [0.15, 0.2) is 11.5 Å². The van der Waals surface area contributed by atoms with Gasteiger partial charge in [0, 0.05) is 70.4 Å². The second-order valence-electron chi connectivity index (χ2n) is 14.2. The van der Waals surface area contributed by atoms with Crippen LogP contribution in [0.3, 0.4) is 0 Å². The van der Waals surface area contributed by atoms with Crippen LogP contribution in [0.4, 0.5) is 4.79 Å². The van der Waals surface area contributed by atoms with Crippen molar-refractivity contribution >= 4 is 17.9 Å². The van der Waals surface area contributed by atoms with Crippen molar-refractivity contribution in [1.82, 2.24) is 14.7 Å². The number of carbonyl (C=O) groups excluding carboxylic acids is 3. The minimum Gasteiger partial charge on any atom is -0.493 e. The Balaban J connectivity index is 1.86. The highest BCUT2D eigenvalue weighted by molar-refractivity contribution is 5.95. The molecule has 49 heavy (non-hydrogen) atoms. The molecule has 272 valence electrons. The van der Waals surface area contributed by atoms with E-state index >= 15 is 0 Å². The van der Waals surface area contributed by atoms with Gasteiger partial charge in [-0.1, -0.05) is 37.3 Å². The summed E-state index contributed by atoms with van der Waals surface area (Å²) >= 11 is 0. The summed E-state index contributed by atoms with van der Waals surface area (Å²) < 4.78 is 22.4. The van der Waals surface area contributed by atoms with E-state index in [1.807, 2.05) is 81.7 Å². The Kier molecular flexibility index (Phi) is 15.2. The van der Waals surface area contributed by atoms with Crippen LogP contribution in [0, 0.1) is 17.8 Å². The number of hydrogen-bond acceptors (Lipinski definition) is 7. The van der Waals surface area contributed by atoms with Crippen LogP contribution in [0.5, 0.6) is 11.5 Å². The molecular weight excluding hydrogens is 622 g/mol. The molecular formula is C39H59N3O7. The monoisotopic (exact) mass is 681 g/mol. The Hall–Kier alpha value is -3.79. The molecule has 0 aliphatic carbocycles. The molecule has 2 aromatic carbocycles. The lowest BCUT2D eigenvalue weighted by atomic mass is 9.84. The minimum absolute atomic E-state index is 0.00134. The first-order valence-corrected chi connectivity index (χ1v) is 17.7. The van der Waals surface area contributed by atoms with Gasteiger partial charge in [-0.25, -0.2) is 4.79 Å². The third-order valence-electron chi connectivity index (χ3n) is 9.04. The van der Waals surface area contributed by atoms with Crippen molar-refractivity contribution in [3.8, 4) is 11.5 Å². The first kappa shape index (κ1) is 39.6. The van der Waals surface area contributed by atoms with Gasteiger partial charge in [0.1, 0.15) is 5.60 Å². The fourth-order valence-corrected chi connectivity index (χ4v) is 6.36. The van der Waals surface area contributed by atoms with E-state index in [-0.39, 0.29) is 41.7 Å². The molecule has 1 aliphatic rings. The zero-order valence-electron chi connectivity index (χ0n) is 31.2. The van der Waals surface area contributed by atoms with Crippen LogP contribution in [-0.2, 0) is 20.8 Å². The number of carbonyl (C=O) groups is 3. The number of methoxy groups -OCH3 is 2. The Labute approximate surface area is 294 Å². The molecule has 10 heteroatoms. The average molecular weight is 682 g/mol. The number of rotatable bonds is 17. The summed E-state index contributed by atoms with van der Waals surface area (Å²) in [6.07, 6.45) is 1.64. The molecule has 0 spiro atoms. The van der Waals surface area contributed by atoms with Crippen molar-refractivity contribution in [3.05, 3.63) is 59.7 Å². The Morgan fingerprint density at radius 3 is 2.22 bits per heavy atom. The van der Waals surface area contributed by atoms with Crippen LogP contribution >= 0.6 is 0 Å². The largest absolute Gasteiger partial charge is 0.493 e.